The third-order valence-electron chi connectivity index (χ3n) is 4.89. The summed E-state index contributed by atoms with van der Waals surface area (Å²) in [7, 11) is 0. The van der Waals surface area contributed by atoms with Gasteiger partial charge < -0.3 is 14.1 Å². The van der Waals surface area contributed by atoms with Crippen molar-refractivity contribution in [1.82, 2.24) is 0 Å². The summed E-state index contributed by atoms with van der Waals surface area (Å²) in [5, 5.41) is 2.00. The molecule has 0 saturated heterocycles. The highest BCUT2D eigenvalue weighted by Gasteiger charge is 2.24. The number of anilines is 1. The number of ether oxygens (including phenoxy) is 1. The first-order valence-corrected chi connectivity index (χ1v) is 9.66. The molecule has 2 heterocycles. The second-order valence-electron chi connectivity index (χ2n) is 6.75. The smallest absolute Gasteiger partial charge is 0.336 e. The van der Waals surface area contributed by atoms with Gasteiger partial charge in [-0.3, -0.25) is 0 Å². The lowest BCUT2D eigenvalue weighted by atomic mass is 9.98. The molecule has 2 aromatic carbocycles. The van der Waals surface area contributed by atoms with Crippen molar-refractivity contribution in [2.24, 2.45) is 0 Å². The molecule has 0 atom stereocenters. The van der Waals surface area contributed by atoms with Gasteiger partial charge in [-0.05, 0) is 37.1 Å². The van der Waals surface area contributed by atoms with Crippen molar-refractivity contribution in [3.05, 3.63) is 67.5 Å². The van der Waals surface area contributed by atoms with Crippen LogP contribution in [0.15, 0.2) is 39.5 Å². The van der Waals surface area contributed by atoms with Crippen molar-refractivity contribution in [1.29, 1.82) is 0 Å². The monoisotopic (exact) mass is 403 g/mol. The fourth-order valence-electron chi connectivity index (χ4n) is 3.65. The maximum absolute atomic E-state index is 12.0. The number of hydrogen-bond acceptors (Lipinski definition) is 4. The van der Waals surface area contributed by atoms with Gasteiger partial charge in [0.1, 0.15) is 11.3 Å². The molecule has 0 spiro atoms. The molecule has 4 nitrogen and oxygen atoms in total. The Balaban J connectivity index is 1.83. The molecule has 1 aliphatic rings. The van der Waals surface area contributed by atoms with Crippen molar-refractivity contribution in [2.45, 2.75) is 33.2 Å². The first-order chi connectivity index (χ1) is 13.0. The average Bonchev–Trinajstić information content (AvgIpc) is 2.65. The van der Waals surface area contributed by atoms with E-state index in [0.29, 0.717) is 28.9 Å². The Labute approximate surface area is 167 Å². The van der Waals surface area contributed by atoms with Crippen LogP contribution in [-0.4, -0.2) is 6.73 Å². The van der Waals surface area contributed by atoms with Crippen LogP contribution in [0.4, 0.5) is 5.69 Å². The summed E-state index contributed by atoms with van der Waals surface area (Å²) in [6, 6.07) is 9.22. The lowest BCUT2D eigenvalue weighted by Gasteiger charge is -2.32. The van der Waals surface area contributed by atoms with Crippen LogP contribution < -0.4 is 15.3 Å². The van der Waals surface area contributed by atoms with E-state index in [4.69, 9.17) is 32.4 Å². The summed E-state index contributed by atoms with van der Waals surface area (Å²) >= 11 is 12.6. The standard InChI is InChI=1S/C21H19Cl2NO3/c1-3-5-13-9-18(25)27-21-12(2)20-14(8-15(13)21)10-24(11-26-20)17-7-4-6-16(22)19(17)23/h4,6-9H,3,5,10-11H2,1-2H3. The topological polar surface area (TPSA) is 42.7 Å². The van der Waals surface area contributed by atoms with Gasteiger partial charge in [-0.15, -0.1) is 0 Å². The SMILES string of the molecule is CCCc1cc(=O)oc2c(C)c3c(cc12)CN(c1cccc(Cl)c1Cl)CO3. The van der Waals surface area contributed by atoms with E-state index in [-0.39, 0.29) is 5.63 Å². The minimum absolute atomic E-state index is 0.322. The predicted molar refractivity (Wildman–Crippen MR) is 109 cm³/mol. The Morgan fingerprint density at radius 2 is 2.04 bits per heavy atom. The average molecular weight is 404 g/mol. The fraction of sp³-hybridized carbons (Fsp3) is 0.286. The third kappa shape index (κ3) is 3.17. The molecule has 4 rings (SSSR count). The highest BCUT2D eigenvalue weighted by atomic mass is 35.5. The van der Waals surface area contributed by atoms with Gasteiger partial charge in [0.15, 0.2) is 6.73 Å². The van der Waals surface area contributed by atoms with Crippen molar-refractivity contribution in [3.63, 3.8) is 0 Å². The molecule has 0 bridgehead atoms. The quantitative estimate of drug-likeness (QED) is 0.524. The number of aryl methyl sites for hydroxylation is 2. The van der Waals surface area contributed by atoms with Gasteiger partial charge in [-0.25, -0.2) is 4.79 Å². The van der Waals surface area contributed by atoms with Crippen molar-refractivity contribution in [2.75, 3.05) is 11.6 Å². The molecular formula is C21H19Cl2NO3. The Bertz CT molecular complexity index is 1090. The van der Waals surface area contributed by atoms with E-state index in [1.165, 1.54) is 0 Å². The first kappa shape index (κ1) is 18.2. The predicted octanol–water partition coefficient (Wildman–Crippen LogP) is 5.72. The Hall–Kier alpha value is -2.17. The summed E-state index contributed by atoms with van der Waals surface area (Å²) in [4.78, 5) is 14.0. The number of benzene rings is 2. The largest absolute Gasteiger partial charge is 0.472 e. The van der Waals surface area contributed by atoms with E-state index in [2.05, 4.69) is 13.0 Å². The molecule has 6 heteroatoms. The van der Waals surface area contributed by atoms with Crippen LogP contribution >= 0.6 is 23.2 Å². The molecule has 3 aromatic rings. The van der Waals surface area contributed by atoms with Gasteiger partial charge in [-0.2, -0.15) is 0 Å². The van der Waals surface area contributed by atoms with Crippen molar-refractivity contribution in [3.8, 4) is 5.75 Å². The van der Waals surface area contributed by atoms with Gasteiger partial charge in [-0.1, -0.05) is 42.6 Å². The van der Waals surface area contributed by atoms with Crippen LogP contribution in [-0.2, 0) is 13.0 Å². The lowest BCUT2D eigenvalue weighted by Crippen LogP contribution is -2.32. The maximum Gasteiger partial charge on any atom is 0.336 e. The molecule has 0 unspecified atom stereocenters. The minimum atomic E-state index is -0.322. The second-order valence-corrected chi connectivity index (χ2v) is 7.54. The van der Waals surface area contributed by atoms with Gasteiger partial charge >= 0.3 is 5.63 Å². The summed E-state index contributed by atoms with van der Waals surface area (Å²) in [5.74, 6) is 0.772. The van der Waals surface area contributed by atoms with E-state index in [9.17, 15) is 4.79 Å². The van der Waals surface area contributed by atoms with Gasteiger partial charge in [0.25, 0.3) is 0 Å². The first-order valence-electron chi connectivity index (χ1n) is 8.90. The van der Waals surface area contributed by atoms with E-state index in [0.717, 1.165) is 46.4 Å². The minimum Gasteiger partial charge on any atom is -0.472 e. The fourth-order valence-corrected chi connectivity index (χ4v) is 4.07. The van der Waals surface area contributed by atoms with Crippen molar-refractivity contribution < 1.29 is 9.15 Å². The molecule has 1 aromatic heterocycles. The van der Waals surface area contributed by atoms with E-state index < -0.39 is 0 Å². The van der Waals surface area contributed by atoms with Crippen LogP contribution in [0.2, 0.25) is 10.0 Å². The summed E-state index contributed by atoms with van der Waals surface area (Å²) in [6.07, 6.45) is 1.78. The highest BCUT2D eigenvalue weighted by molar-refractivity contribution is 6.43. The van der Waals surface area contributed by atoms with E-state index in [1.807, 2.05) is 24.0 Å². The van der Waals surface area contributed by atoms with Gasteiger partial charge in [0.05, 0.1) is 15.7 Å². The third-order valence-corrected chi connectivity index (χ3v) is 5.70. The normalized spacial score (nSPS) is 13.6. The van der Waals surface area contributed by atoms with E-state index >= 15 is 0 Å². The zero-order chi connectivity index (χ0) is 19.1. The molecule has 140 valence electrons. The number of hydrogen-bond donors (Lipinski definition) is 0. The zero-order valence-electron chi connectivity index (χ0n) is 15.1. The molecule has 0 aliphatic carbocycles. The van der Waals surface area contributed by atoms with Crippen LogP contribution in [0.1, 0.15) is 30.0 Å². The lowest BCUT2D eigenvalue weighted by molar-refractivity contribution is 0.287. The number of fused-ring (bicyclic) bond motifs is 2. The highest BCUT2D eigenvalue weighted by Crippen LogP contribution is 2.39. The van der Waals surface area contributed by atoms with E-state index in [1.54, 1.807) is 12.1 Å². The van der Waals surface area contributed by atoms with Crippen LogP contribution in [0.25, 0.3) is 11.0 Å². The molecule has 0 N–H and O–H groups in total. The van der Waals surface area contributed by atoms with Crippen molar-refractivity contribution >= 4 is 39.9 Å². The zero-order valence-corrected chi connectivity index (χ0v) is 16.7. The molecule has 27 heavy (non-hydrogen) atoms. The molecule has 0 saturated carbocycles. The molecular weight excluding hydrogens is 385 g/mol. The van der Waals surface area contributed by atoms with Gasteiger partial charge in [0.2, 0.25) is 0 Å². The number of halogens is 2. The molecule has 0 amide bonds. The second kappa shape index (κ2) is 7.10. The Morgan fingerprint density at radius 3 is 2.81 bits per heavy atom. The Morgan fingerprint density at radius 1 is 1.22 bits per heavy atom. The maximum atomic E-state index is 12.0. The van der Waals surface area contributed by atoms with Crippen LogP contribution in [0, 0.1) is 6.92 Å². The van der Waals surface area contributed by atoms with Crippen LogP contribution in [0.5, 0.6) is 5.75 Å². The summed E-state index contributed by atoms with van der Waals surface area (Å²) in [6.45, 7) is 5.01. The molecule has 0 radical (unpaired) electrons. The van der Waals surface area contributed by atoms with Crippen LogP contribution in [0.3, 0.4) is 0 Å². The van der Waals surface area contributed by atoms with Gasteiger partial charge in [0, 0.05) is 29.1 Å². The summed E-state index contributed by atoms with van der Waals surface area (Å²) in [5.41, 5.74) is 4.02. The summed E-state index contributed by atoms with van der Waals surface area (Å²) < 4.78 is 11.5. The molecule has 0 fully saturated rings. The Kier molecular flexibility index (Phi) is 4.79. The molecule has 1 aliphatic heterocycles. The number of rotatable bonds is 3. The number of nitrogens with zero attached hydrogens (tertiary/aromatic N) is 1.